The van der Waals surface area contributed by atoms with Gasteiger partial charge in [-0.15, -0.1) is 0 Å². The third-order valence-electron chi connectivity index (χ3n) is 5.06. The van der Waals surface area contributed by atoms with Gasteiger partial charge in [0.2, 0.25) is 5.95 Å². The summed E-state index contributed by atoms with van der Waals surface area (Å²) in [4.78, 5) is 36.1. The lowest BCUT2D eigenvalue weighted by Gasteiger charge is -2.20. The zero-order valence-corrected chi connectivity index (χ0v) is 19.6. The number of anilines is 3. The van der Waals surface area contributed by atoms with Gasteiger partial charge in [0.05, 0.1) is 12.8 Å². The van der Waals surface area contributed by atoms with E-state index >= 15 is 0 Å². The molecule has 0 unspecified atom stereocenters. The number of fused-ring (bicyclic) bond motifs is 1. The van der Waals surface area contributed by atoms with Crippen LogP contribution >= 0.6 is 0 Å². The molecule has 9 nitrogen and oxygen atoms in total. The molecule has 1 aliphatic heterocycles. The standard InChI is InChI=1S/C25H27N5O4/c1-25(2,3)34-24(32)29-23-27-19(22(31)30-14-16-9-5-6-10-17(16)15-30)13-21(28-23)26-18-11-7-8-12-20(18)33-4/h5-13H,14-15H2,1-4H3,(H2,26,27,28,29,32). The van der Waals surface area contributed by atoms with Crippen LogP contribution in [-0.4, -0.2) is 39.6 Å². The summed E-state index contributed by atoms with van der Waals surface area (Å²) >= 11 is 0. The first-order valence-electron chi connectivity index (χ1n) is 10.9. The number of carbonyl (C=O) groups is 2. The number of hydrogen-bond donors (Lipinski definition) is 2. The van der Waals surface area contributed by atoms with Crippen molar-refractivity contribution < 1.29 is 19.1 Å². The number of methoxy groups -OCH3 is 1. The third-order valence-corrected chi connectivity index (χ3v) is 5.06. The van der Waals surface area contributed by atoms with E-state index in [1.54, 1.807) is 44.9 Å². The highest BCUT2D eigenvalue weighted by Crippen LogP contribution is 2.28. The third kappa shape index (κ3) is 5.43. The average Bonchev–Trinajstić information content (AvgIpc) is 3.21. The SMILES string of the molecule is COc1ccccc1Nc1cc(C(=O)N2Cc3ccccc3C2)nc(NC(=O)OC(C)(C)C)n1. The zero-order valence-electron chi connectivity index (χ0n) is 19.6. The predicted octanol–water partition coefficient (Wildman–Crippen LogP) is 4.73. The normalized spacial score (nSPS) is 12.6. The average molecular weight is 462 g/mol. The Balaban J connectivity index is 1.64. The van der Waals surface area contributed by atoms with Gasteiger partial charge in [0.25, 0.3) is 5.91 Å². The van der Waals surface area contributed by atoms with Crippen LogP contribution < -0.4 is 15.4 Å². The van der Waals surface area contributed by atoms with Gasteiger partial charge in [0, 0.05) is 19.2 Å². The van der Waals surface area contributed by atoms with Crippen molar-refractivity contribution in [1.29, 1.82) is 0 Å². The molecule has 2 N–H and O–H groups in total. The number of benzene rings is 2. The van der Waals surface area contributed by atoms with Gasteiger partial charge in [0.1, 0.15) is 22.9 Å². The molecular weight excluding hydrogens is 434 g/mol. The Morgan fingerprint density at radius 2 is 1.62 bits per heavy atom. The molecular formula is C25H27N5O4. The molecule has 0 spiro atoms. The van der Waals surface area contributed by atoms with Crippen LogP contribution in [0, 0.1) is 0 Å². The van der Waals surface area contributed by atoms with Crippen molar-refractivity contribution in [3.8, 4) is 5.75 Å². The van der Waals surface area contributed by atoms with E-state index in [-0.39, 0.29) is 17.5 Å². The number of carbonyl (C=O) groups excluding carboxylic acids is 2. The number of nitrogens with one attached hydrogen (secondary N) is 2. The largest absolute Gasteiger partial charge is 0.495 e. The highest BCUT2D eigenvalue weighted by Gasteiger charge is 2.26. The molecule has 0 bridgehead atoms. The number of ether oxygens (including phenoxy) is 2. The topological polar surface area (TPSA) is 106 Å². The first-order chi connectivity index (χ1) is 16.2. The molecule has 176 valence electrons. The minimum atomic E-state index is -0.714. The van der Waals surface area contributed by atoms with Gasteiger partial charge in [-0.05, 0) is 44.0 Å². The quantitative estimate of drug-likeness (QED) is 0.566. The summed E-state index contributed by atoms with van der Waals surface area (Å²) in [5.41, 5.74) is 2.30. The summed E-state index contributed by atoms with van der Waals surface area (Å²) in [5, 5.41) is 5.68. The molecule has 34 heavy (non-hydrogen) atoms. The number of aromatic nitrogens is 2. The summed E-state index contributed by atoms with van der Waals surface area (Å²) in [6.07, 6.45) is -0.714. The van der Waals surface area contributed by atoms with Crippen LogP contribution in [0.5, 0.6) is 5.75 Å². The maximum absolute atomic E-state index is 13.3. The Bertz CT molecular complexity index is 1200. The first-order valence-corrected chi connectivity index (χ1v) is 10.9. The maximum atomic E-state index is 13.3. The van der Waals surface area contributed by atoms with Gasteiger partial charge in [-0.25, -0.2) is 9.78 Å². The molecule has 0 saturated heterocycles. The fourth-order valence-electron chi connectivity index (χ4n) is 3.60. The Hall–Kier alpha value is -4.14. The monoisotopic (exact) mass is 461 g/mol. The van der Waals surface area contributed by atoms with Crippen LogP contribution in [0.15, 0.2) is 54.6 Å². The summed E-state index contributed by atoms with van der Waals surface area (Å²) in [5.74, 6) is 0.611. The molecule has 0 saturated carbocycles. The van der Waals surface area contributed by atoms with Crippen LogP contribution in [0.3, 0.4) is 0 Å². The number of amides is 2. The molecule has 1 aromatic heterocycles. The van der Waals surface area contributed by atoms with Crippen LogP contribution in [0.4, 0.5) is 22.2 Å². The van der Waals surface area contributed by atoms with Crippen molar-refractivity contribution in [1.82, 2.24) is 14.9 Å². The van der Waals surface area contributed by atoms with Crippen molar-refractivity contribution >= 4 is 29.5 Å². The molecule has 0 radical (unpaired) electrons. The molecule has 3 aromatic rings. The Morgan fingerprint density at radius 3 is 2.26 bits per heavy atom. The van der Waals surface area contributed by atoms with Crippen molar-refractivity contribution in [3.05, 3.63) is 71.4 Å². The highest BCUT2D eigenvalue weighted by atomic mass is 16.6. The van der Waals surface area contributed by atoms with E-state index < -0.39 is 11.7 Å². The summed E-state index contributed by atoms with van der Waals surface area (Å²) in [6.45, 7) is 6.25. The summed E-state index contributed by atoms with van der Waals surface area (Å²) in [6, 6.07) is 16.8. The predicted molar refractivity (Wildman–Crippen MR) is 128 cm³/mol. The van der Waals surface area contributed by atoms with Crippen molar-refractivity contribution in [3.63, 3.8) is 0 Å². The van der Waals surface area contributed by atoms with Gasteiger partial charge in [0.15, 0.2) is 0 Å². The Morgan fingerprint density at radius 1 is 0.971 bits per heavy atom. The van der Waals surface area contributed by atoms with E-state index in [0.717, 1.165) is 11.1 Å². The second-order valence-electron chi connectivity index (χ2n) is 8.84. The van der Waals surface area contributed by atoms with Gasteiger partial charge in [-0.3, -0.25) is 10.1 Å². The summed E-state index contributed by atoms with van der Waals surface area (Å²) in [7, 11) is 1.57. The van der Waals surface area contributed by atoms with E-state index in [9.17, 15) is 9.59 Å². The van der Waals surface area contributed by atoms with Crippen LogP contribution in [-0.2, 0) is 17.8 Å². The zero-order chi connectivity index (χ0) is 24.3. The van der Waals surface area contributed by atoms with Crippen molar-refractivity contribution in [2.45, 2.75) is 39.5 Å². The number of para-hydroxylation sites is 2. The number of nitrogens with zero attached hydrogens (tertiary/aromatic N) is 3. The van der Waals surface area contributed by atoms with Crippen LogP contribution in [0.1, 0.15) is 42.4 Å². The fraction of sp³-hybridized carbons (Fsp3) is 0.280. The lowest BCUT2D eigenvalue weighted by molar-refractivity contribution is 0.0633. The molecule has 0 fully saturated rings. The number of rotatable bonds is 5. The van der Waals surface area contributed by atoms with Crippen molar-refractivity contribution in [2.75, 3.05) is 17.7 Å². The minimum absolute atomic E-state index is 0.0470. The van der Waals surface area contributed by atoms with Gasteiger partial charge >= 0.3 is 6.09 Å². The van der Waals surface area contributed by atoms with E-state index in [2.05, 4.69) is 20.6 Å². The Kier molecular flexibility index (Phi) is 6.36. The molecule has 0 atom stereocenters. The highest BCUT2D eigenvalue weighted by molar-refractivity contribution is 5.94. The maximum Gasteiger partial charge on any atom is 0.414 e. The number of hydrogen-bond acceptors (Lipinski definition) is 7. The van der Waals surface area contributed by atoms with E-state index in [0.29, 0.717) is 30.3 Å². The lowest BCUT2D eigenvalue weighted by atomic mass is 10.1. The smallest absolute Gasteiger partial charge is 0.414 e. The second-order valence-corrected chi connectivity index (χ2v) is 8.84. The van der Waals surface area contributed by atoms with Crippen LogP contribution in [0.2, 0.25) is 0 Å². The molecule has 4 rings (SSSR count). The minimum Gasteiger partial charge on any atom is -0.495 e. The van der Waals surface area contributed by atoms with Gasteiger partial charge < -0.3 is 19.7 Å². The molecule has 2 aromatic carbocycles. The van der Waals surface area contributed by atoms with E-state index in [4.69, 9.17) is 9.47 Å². The molecule has 1 aliphatic rings. The molecule has 9 heteroatoms. The van der Waals surface area contributed by atoms with Crippen molar-refractivity contribution in [2.24, 2.45) is 0 Å². The first kappa shape index (κ1) is 23.0. The van der Waals surface area contributed by atoms with E-state index in [1.165, 1.54) is 0 Å². The molecule has 2 heterocycles. The van der Waals surface area contributed by atoms with Gasteiger partial charge in [-0.1, -0.05) is 36.4 Å². The molecule has 2 amide bonds. The summed E-state index contributed by atoms with van der Waals surface area (Å²) < 4.78 is 10.7. The van der Waals surface area contributed by atoms with Gasteiger partial charge in [-0.2, -0.15) is 4.98 Å². The molecule has 0 aliphatic carbocycles. The van der Waals surface area contributed by atoms with E-state index in [1.807, 2.05) is 42.5 Å². The fourth-order valence-corrected chi connectivity index (χ4v) is 3.60. The Labute approximate surface area is 198 Å². The lowest BCUT2D eigenvalue weighted by Crippen LogP contribution is -2.29. The second kappa shape index (κ2) is 9.38. The van der Waals surface area contributed by atoms with Crippen LogP contribution in [0.25, 0.3) is 0 Å².